The zero-order chi connectivity index (χ0) is 14.0. The summed E-state index contributed by atoms with van der Waals surface area (Å²) in [5.74, 6) is -1.26. The molecule has 0 aliphatic rings. The van der Waals surface area contributed by atoms with Gasteiger partial charge in [0.2, 0.25) is 5.91 Å². The number of rotatable bonds is 3. The minimum absolute atomic E-state index is 0.117. The SMILES string of the molecule is CC(=O)Nc1cc(C(=O)O)n(-c2ncccc2Cl)n1. The van der Waals surface area contributed by atoms with Gasteiger partial charge in [-0.3, -0.25) is 4.79 Å². The number of amides is 1. The Balaban J connectivity index is 2.55. The van der Waals surface area contributed by atoms with Crippen molar-refractivity contribution in [2.24, 2.45) is 0 Å². The highest BCUT2D eigenvalue weighted by Gasteiger charge is 2.18. The lowest BCUT2D eigenvalue weighted by Crippen LogP contribution is -2.10. The quantitative estimate of drug-likeness (QED) is 0.889. The van der Waals surface area contributed by atoms with Gasteiger partial charge in [-0.2, -0.15) is 0 Å². The van der Waals surface area contributed by atoms with Crippen LogP contribution in [0, 0.1) is 0 Å². The molecule has 0 atom stereocenters. The van der Waals surface area contributed by atoms with Gasteiger partial charge < -0.3 is 10.4 Å². The fourth-order valence-corrected chi connectivity index (χ4v) is 1.67. The van der Waals surface area contributed by atoms with Gasteiger partial charge in [0.05, 0.1) is 5.02 Å². The molecule has 1 amide bonds. The van der Waals surface area contributed by atoms with E-state index in [1.807, 2.05) is 0 Å². The van der Waals surface area contributed by atoms with Crippen molar-refractivity contribution in [2.45, 2.75) is 6.92 Å². The Morgan fingerprint density at radius 2 is 2.21 bits per heavy atom. The Bertz CT molecular complexity index is 653. The predicted molar refractivity (Wildman–Crippen MR) is 67.6 cm³/mol. The normalized spacial score (nSPS) is 10.2. The zero-order valence-corrected chi connectivity index (χ0v) is 10.5. The van der Waals surface area contributed by atoms with Crippen LogP contribution in [-0.2, 0) is 4.79 Å². The first kappa shape index (κ1) is 13.0. The number of carboxylic acids is 1. The molecule has 98 valence electrons. The largest absolute Gasteiger partial charge is 0.477 e. The average Bonchev–Trinajstić information content (AvgIpc) is 2.72. The molecule has 2 heterocycles. The molecule has 19 heavy (non-hydrogen) atoms. The molecule has 2 aromatic heterocycles. The summed E-state index contributed by atoms with van der Waals surface area (Å²) < 4.78 is 1.07. The molecule has 0 radical (unpaired) electrons. The minimum Gasteiger partial charge on any atom is -0.477 e. The van der Waals surface area contributed by atoms with E-state index in [1.165, 1.54) is 19.2 Å². The highest BCUT2D eigenvalue weighted by Crippen LogP contribution is 2.20. The van der Waals surface area contributed by atoms with E-state index in [0.717, 1.165) is 4.68 Å². The Labute approximate surface area is 112 Å². The van der Waals surface area contributed by atoms with Gasteiger partial charge in [-0.05, 0) is 12.1 Å². The number of carboxylic acid groups (broad SMARTS) is 1. The number of pyridine rings is 1. The number of aromatic nitrogens is 3. The third-order valence-electron chi connectivity index (χ3n) is 2.17. The standard InChI is InChI=1S/C11H9ClN4O3/c1-6(17)14-9-5-8(11(18)19)16(15-9)10-7(12)3-2-4-13-10/h2-5H,1H3,(H,18,19)(H,14,15,17). The third-order valence-corrected chi connectivity index (χ3v) is 2.47. The predicted octanol–water partition coefficient (Wildman–Crippen LogP) is 1.58. The van der Waals surface area contributed by atoms with Crippen LogP contribution in [0.25, 0.3) is 5.82 Å². The van der Waals surface area contributed by atoms with E-state index in [9.17, 15) is 9.59 Å². The van der Waals surface area contributed by atoms with Crippen molar-refractivity contribution in [3.63, 3.8) is 0 Å². The van der Waals surface area contributed by atoms with Crippen LogP contribution in [0.4, 0.5) is 5.82 Å². The number of halogens is 1. The number of hydrogen-bond acceptors (Lipinski definition) is 4. The van der Waals surface area contributed by atoms with Crippen molar-refractivity contribution in [3.8, 4) is 5.82 Å². The number of nitrogens with zero attached hydrogens (tertiary/aromatic N) is 3. The summed E-state index contributed by atoms with van der Waals surface area (Å²) in [6.07, 6.45) is 1.46. The molecule has 0 aliphatic heterocycles. The van der Waals surface area contributed by atoms with Crippen LogP contribution in [0.2, 0.25) is 5.02 Å². The number of anilines is 1. The topological polar surface area (TPSA) is 97.1 Å². The maximum Gasteiger partial charge on any atom is 0.354 e. The molecule has 0 fully saturated rings. The van der Waals surface area contributed by atoms with Crippen molar-refractivity contribution < 1.29 is 14.7 Å². The lowest BCUT2D eigenvalue weighted by molar-refractivity contribution is -0.114. The van der Waals surface area contributed by atoms with Crippen LogP contribution in [-0.4, -0.2) is 31.7 Å². The number of carbonyl (C=O) groups is 2. The molecule has 0 unspecified atom stereocenters. The Hall–Kier alpha value is -2.41. The molecule has 2 rings (SSSR count). The number of carbonyl (C=O) groups excluding carboxylic acids is 1. The molecule has 0 aliphatic carbocycles. The Morgan fingerprint density at radius 3 is 2.79 bits per heavy atom. The fourth-order valence-electron chi connectivity index (χ4n) is 1.47. The minimum atomic E-state index is -1.20. The fraction of sp³-hybridized carbons (Fsp3) is 0.0909. The molecular weight excluding hydrogens is 272 g/mol. The average molecular weight is 281 g/mol. The Kier molecular flexibility index (Phi) is 3.48. The first-order chi connectivity index (χ1) is 8.99. The molecule has 0 saturated heterocycles. The van der Waals surface area contributed by atoms with Gasteiger partial charge >= 0.3 is 5.97 Å². The van der Waals surface area contributed by atoms with Crippen LogP contribution >= 0.6 is 11.6 Å². The Morgan fingerprint density at radius 1 is 1.47 bits per heavy atom. The van der Waals surface area contributed by atoms with Crippen LogP contribution in [0.3, 0.4) is 0 Å². The summed E-state index contributed by atoms with van der Waals surface area (Å²) in [6, 6.07) is 4.41. The summed E-state index contributed by atoms with van der Waals surface area (Å²) in [4.78, 5) is 26.1. The van der Waals surface area contributed by atoms with E-state index < -0.39 is 5.97 Å². The summed E-state index contributed by atoms with van der Waals surface area (Å²) in [5.41, 5.74) is -0.149. The van der Waals surface area contributed by atoms with E-state index in [4.69, 9.17) is 16.7 Å². The van der Waals surface area contributed by atoms with Crippen LogP contribution in [0.5, 0.6) is 0 Å². The summed E-state index contributed by atoms with van der Waals surface area (Å²) in [5, 5.41) is 15.7. The number of aromatic carboxylic acids is 1. The van der Waals surface area contributed by atoms with Gasteiger partial charge in [0.1, 0.15) is 0 Å². The van der Waals surface area contributed by atoms with Crippen molar-refractivity contribution >= 4 is 29.3 Å². The smallest absolute Gasteiger partial charge is 0.354 e. The molecule has 0 aromatic carbocycles. The van der Waals surface area contributed by atoms with E-state index in [0.29, 0.717) is 0 Å². The lowest BCUT2D eigenvalue weighted by atomic mass is 10.4. The van der Waals surface area contributed by atoms with E-state index in [-0.39, 0.29) is 28.3 Å². The molecular formula is C11H9ClN4O3. The second-order valence-corrected chi connectivity index (χ2v) is 4.03. The third kappa shape index (κ3) is 2.71. The number of hydrogen-bond donors (Lipinski definition) is 2. The zero-order valence-electron chi connectivity index (χ0n) is 9.79. The van der Waals surface area contributed by atoms with Gasteiger partial charge in [0, 0.05) is 19.2 Å². The summed E-state index contributed by atoms with van der Waals surface area (Å²) in [7, 11) is 0. The van der Waals surface area contributed by atoms with Crippen molar-refractivity contribution in [3.05, 3.63) is 35.1 Å². The lowest BCUT2D eigenvalue weighted by Gasteiger charge is -2.04. The maximum absolute atomic E-state index is 11.2. The van der Waals surface area contributed by atoms with E-state index >= 15 is 0 Å². The second-order valence-electron chi connectivity index (χ2n) is 3.62. The molecule has 8 heteroatoms. The van der Waals surface area contributed by atoms with Crippen molar-refractivity contribution in [2.75, 3.05) is 5.32 Å². The van der Waals surface area contributed by atoms with Crippen LogP contribution in [0.1, 0.15) is 17.4 Å². The van der Waals surface area contributed by atoms with Crippen molar-refractivity contribution in [1.82, 2.24) is 14.8 Å². The van der Waals surface area contributed by atoms with Crippen LogP contribution < -0.4 is 5.32 Å². The molecule has 0 spiro atoms. The summed E-state index contributed by atoms with van der Waals surface area (Å²) >= 11 is 5.95. The van der Waals surface area contributed by atoms with Crippen molar-refractivity contribution in [1.29, 1.82) is 0 Å². The molecule has 0 bridgehead atoms. The molecule has 7 nitrogen and oxygen atoms in total. The second kappa shape index (κ2) is 5.07. The van der Waals surface area contributed by atoms with Gasteiger partial charge in [-0.1, -0.05) is 11.6 Å². The van der Waals surface area contributed by atoms with E-state index in [2.05, 4.69) is 15.4 Å². The molecule has 2 aromatic rings. The molecule has 2 N–H and O–H groups in total. The van der Waals surface area contributed by atoms with Gasteiger partial charge in [0.15, 0.2) is 17.3 Å². The van der Waals surface area contributed by atoms with Crippen LogP contribution in [0.15, 0.2) is 24.4 Å². The summed E-state index contributed by atoms with van der Waals surface area (Å²) in [6.45, 7) is 1.30. The first-order valence-corrected chi connectivity index (χ1v) is 5.58. The van der Waals surface area contributed by atoms with Gasteiger partial charge in [0.25, 0.3) is 0 Å². The number of nitrogens with one attached hydrogen (secondary N) is 1. The first-order valence-electron chi connectivity index (χ1n) is 5.21. The maximum atomic E-state index is 11.2. The van der Waals surface area contributed by atoms with Gasteiger partial charge in [-0.25, -0.2) is 14.5 Å². The highest BCUT2D eigenvalue weighted by molar-refractivity contribution is 6.32. The molecule has 0 saturated carbocycles. The monoisotopic (exact) mass is 280 g/mol. The van der Waals surface area contributed by atoms with Gasteiger partial charge in [-0.15, -0.1) is 5.10 Å². The highest BCUT2D eigenvalue weighted by atomic mass is 35.5. The van der Waals surface area contributed by atoms with E-state index in [1.54, 1.807) is 12.1 Å².